The van der Waals surface area contributed by atoms with E-state index in [4.69, 9.17) is 0 Å². The molecule has 2 aromatic heterocycles. The monoisotopic (exact) mass is 264 g/mol. The minimum absolute atomic E-state index is 0.0709. The number of nitrogens with one attached hydrogen (secondary N) is 2. The lowest BCUT2D eigenvalue weighted by atomic mass is 9.67. The topological polar surface area (TPSA) is 96.5 Å². The fraction of sp³-hybridized carbons (Fsp3) is 0.500. The van der Waals surface area contributed by atoms with Crippen LogP contribution in [0.5, 0.6) is 0 Å². The summed E-state index contributed by atoms with van der Waals surface area (Å²) in [6, 6.07) is 0. The van der Waals surface area contributed by atoms with Gasteiger partial charge in [0.1, 0.15) is 5.41 Å². The number of H-pyrrole nitrogens is 1. The van der Waals surface area contributed by atoms with E-state index in [1.807, 2.05) is 12.3 Å². The van der Waals surface area contributed by atoms with Crippen LogP contribution in [0.25, 0.3) is 0 Å². The lowest BCUT2D eigenvalue weighted by Crippen LogP contribution is -2.47. The van der Waals surface area contributed by atoms with Crippen molar-refractivity contribution in [3.05, 3.63) is 16.9 Å². The van der Waals surface area contributed by atoms with Gasteiger partial charge in [0.15, 0.2) is 5.82 Å². The van der Waals surface area contributed by atoms with Crippen LogP contribution in [-0.2, 0) is 10.2 Å². The standard InChI is InChI=1S/C10H12N6OS/c1-6-7(5-18-14-6)11-9(17)10(3-2-4-10)8-12-15-16-13-8/h5H,2-4H2,1H3,(H,11,17)(H,12,13,15,16). The third-order valence-corrected chi connectivity index (χ3v) is 4.13. The minimum Gasteiger partial charge on any atom is -0.323 e. The summed E-state index contributed by atoms with van der Waals surface area (Å²) in [6.07, 6.45) is 2.52. The zero-order valence-corrected chi connectivity index (χ0v) is 10.6. The lowest BCUT2D eigenvalue weighted by Gasteiger charge is -2.36. The molecule has 0 unspecified atom stereocenters. The molecule has 7 nitrogen and oxygen atoms in total. The SMILES string of the molecule is Cc1nscc1NC(=O)C1(c2nn[nH]n2)CCC1. The fourth-order valence-electron chi connectivity index (χ4n) is 2.10. The Morgan fingerprint density at radius 1 is 1.56 bits per heavy atom. The average Bonchev–Trinajstić information content (AvgIpc) is 2.90. The van der Waals surface area contributed by atoms with Gasteiger partial charge in [-0.3, -0.25) is 4.79 Å². The Bertz CT molecular complexity index is 559. The Hall–Kier alpha value is -1.83. The van der Waals surface area contributed by atoms with E-state index in [1.165, 1.54) is 11.5 Å². The highest BCUT2D eigenvalue weighted by molar-refractivity contribution is 7.04. The van der Waals surface area contributed by atoms with Crippen molar-refractivity contribution in [3.63, 3.8) is 0 Å². The molecule has 0 radical (unpaired) electrons. The molecule has 0 spiro atoms. The van der Waals surface area contributed by atoms with Crippen molar-refractivity contribution >= 4 is 23.1 Å². The van der Waals surface area contributed by atoms with Gasteiger partial charge in [0.25, 0.3) is 0 Å². The van der Waals surface area contributed by atoms with Gasteiger partial charge in [0, 0.05) is 5.38 Å². The van der Waals surface area contributed by atoms with E-state index in [1.54, 1.807) is 0 Å². The van der Waals surface area contributed by atoms with E-state index >= 15 is 0 Å². The normalized spacial score (nSPS) is 17.2. The van der Waals surface area contributed by atoms with E-state index < -0.39 is 5.41 Å². The zero-order valence-electron chi connectivity index (χ0n) is 9.80. The van der Waals surface area contributed by atoms with Gasteiger partial charge < -0.3 is 5.32 Å². The highest BCUT2D eigenvalue weighted by Gasteiger charge is 2.49. The first-order valence-electron chi connectivity index (χ1n) is 5.69. The van der Waals surface area contributed by atoms with Gasteiger partial charge in [-0.05, 0) is 31.3 Å². The Kier molecular flexibility index (Phi) is 2.58. The molecular formula is C10H12N6OS. The van der Waals surface area contributed by atoms with Gasteiger partial charge in [-0.2, -0.15) is 9.59 Å². The molecule has 1 fully saturated rings. The highest BCUT2D eigenvalue weighted by atomic mass is 32.1. The van der Waals surface area contributed by atoms with Crippen molar-refractivity contribution in [2.45, 2.75) is 31.6 Å². The largest absolute Gasteiger partial charge is 0.323 e. The van der Waals surface area contributed by atoms with Crippen LogP contribution in [0.3, 0.4) is 0 Å². The smallest absolute Gasteiger partial charge is 0.238 e. The molecule has 0 atom stereocenters. The molecule has 0 aliphatic heterocycles. The predicted molar refractivity (Wildman–Crippen MR) is 65.2 cm³/mol. The van der Waals surface area contributed by atoms with Crippen LogP contribution in [0.15, 0.2) is 5.38 Å². The van der Waals surface area contributed by atoms with Crippen LogP contribution in [0.4, 0.5) is 5.69 Å². The van der Waals surface area contributed by atoms with Crippen molar-refractivity contribution in [1.29, 1.82) is 0 Å². The number of hydrogen-bond acceptors (Lipinski definition) is 6. The van der Waals surface area contributed by atoms with Crippen molar-refractivity contribution < 1.29 is 4.79 Å². The Morgan fingerprint density at radius 3 is 2.89 bits per heavy atom. The number of aryl methyl sites for hydroxylation is 1. The summed E-state index contributed by atoms with van der Waals surface area (Å²) in [5, 5.41) is 18.6. The number of carbonyl (C=O) groups is 1. The van der Waals surface area contributed by atoms with E-state index in [9.17, 15) is 4.79 Å². The number of amides is 1. The molecule has 0 bridgehead atoms. The molecule has 1 amide bonds. The second kappa shape index (κ2) is 4.13. The van der Waals surface area contributed by atoms with E-state index in [2.05, 4.69) is 30.3 Å². The van der Waals surface area contributed by atoms with Gasteiger partial charge in [-0.1, -0.05) is 11.6 Å². The van der Waals surface area contributed by atoms with Gasteiger partial charge in [0.2, 0.25) is 5.91 Å². The molecule has 1 aliphatic carbocycles. The van der Waals surface area contributed by atoms with Crippen molar-refractivity contribution in [2.24, 2.45) is 0 Å². The molecule has 8 heteroatoms. The number of hydrogen-bond donors (Lipinski definition) is 2. The third kappa shape index (κ3) is 1.60. The Labute approximate surface area is 107 Å². The maximum Gasteiger partial charge on any atom is 0.238 e. The van der Waals surface area contributed by atoms with Crippen LogP contribution < -0.4 is 5.32 Å². The summed E-state index contributed by atoms with van der Waals surface area (Å²) >= 11 is 1.33. The van der Waals surface area contributed by atoms with Crippen molar-refractivity contribution in [3.8, 4) is 0 Å². The molecule has 3 rings (SSSR count). The summed E-state index contributed by atoms with van der Waals surface area (Å²) in [5.74, 6) is 0.408. The number of aromatic amines is 1. The van der Waals surface area contributed by atoms with Gasteiger partial charge in [0.05, 0.1) is 11.4 Å². The van der Waals surface area contributed by atoms with Crippen LogP contribution >= 0.6 is 11.5 Å². The lowest BCUT2D eigenvalue weighted by molar-refractivity contribution is -0.124. The quantitative estimate of drug-likeness (QED) is 0.863. The van der Waals surface area contributed by atoms with E-state index in [0.717, 1.165) is 30.6 Å². The van der Waals surface area contributed by atoms with Crippen LogP contribution in [0, 0.1) is 6.92 Å². The molecule has 2 heterocycles. The summed E-state index contributed by atoms with van der Waals surface area (Å²) in [6.45, 7) is 1.87. The molecule has 94 valence electrons. The number of aromatic nitrogens is 5. The number of tetrazole rings is 1. The second-order valence-corrected chi connectivity index (χ2v) is 5.07. The minimum atomic E-state index is -0.624. The number of anilines is 1. The first-order valence-corrected chi connectivity index (χ1v) is 6.52. The molecule has 2 N–H and O–H groups in total. The highest BCUT2D eigenvalue weighted by Crippen LogP contribution is 2.42. The summed E-state index contributed by atoms with van der Waals surface area (Å²) < 4.78 is 4.14. The summed E-state index contributed by atoms with van der Waals surface area (Å²) in [5.41, 5.74) is 0.970. The Balaban J connectivity index is 1.85. The third-order valence-electron chi connectivity index (χ3n) is 3.41. The van der Waals surface area contributed by atoms with E-state index in [-0.39, 0.29) is 5.91 Å². The zero-order chi connectivity index (χ0) is 12.6. The maximum absolute atomic E-state index is 12.4. The summed E-state index contributed by atoms with van der Waals surface area (Å²) in [4.78, 5) is 12.4. The average molecular weight is 264 g/mol. The van der Waals surface area contributed by atoms with Crippen molar-refractivity contribution in [1.82, 2.24) is 25.0 Å². The first kappa shape index (κ1) is 11.3. The summed E-state index contributed by atoms with van der Waals surface area (Å²) in [7, 11) is 0. The van der Waals surface area contributed by atoms with Crippen molar-refractivity contribution in [2.75, 3.05) is 5.32 Å². The predicted octanol–water partition coefficient (Wildman–Crippen LogP) is 1.03. The molecular weight excluding hydrogens is 252 g/mol. The van der Waals surface area contributed by atoms with Gasteiger partial charge in [-0.15, -0.1) is 10.2 Å². The Morgan fingerprint density at radius 2 is 2.39 bits per heavy atom. The second-order valence-electron chi connectivity index (χ2n) is 4.44. The molecule has 1 aliphatic rings. The fourth-order valence-corrected chi connectivity index (χ4v) is 2.75. The van der Waals surface area contributed by atoms with Crippen LogP contribution in [0.2, 0.25) is 0 Å². The molecule has 1 saturated carbocycles. The number of carbonyl (C=O) groups excluding carboxylic acids is 1. The molecule has 18 heavy (non-hydrogen) atoms. The van der Waals surface area contributed by atoms with Crippen LogP contribution in [0.1, 0.15) is 30.8 Å². The number of rotatable bonds is 3. The molecule has 0 saturated heterocycles. The van der Waals surface area contributed by atoms with Gasteiger partial charge >= 0.3 is 0 Å². The number of nitrogens with zero attached hydrogens (tertiary/aromatic N) is 4. The van der Waals surface area contributed by atoms with Gasteiger partial charge in [-0.25, -0.2) is 0 Å². The molecule has 0 aromatic carbocycles. The maximum atomic E-state index is 12.4. The first-order chi connectivity index (χ1) is 8.72. The molecule has 2 aromatic rings. The van der Waals surface area contributed by atoms with Crippen LogP contribution in [-0.4, -0.2) is 30.9 Å². The van der Waals surface area contributed by atoms with E-state index in [0.29, 0.717) is 5.82 Å².